The molecule has 0 atom stereocenters. The van der Waals surface area contributed by atoms with Crippen LogP contribution in [0.4, 0.5) is 0 Å². The third-order valence-electron chi connectivity index (χ3n) is 1.74. The minimum absolute atomic E-state index is 0.990. The van der Waals surface area contributed by atoms with Crippen LogP contribution in [0.25, 0.3) is 0 Å². The zero-order valence-corrected chi connectivity index (χ0v) is 6.63. The quantitative estimate of drug-likeness (QED) is 0.527. The SMILES string of the molecule is CCC1=C(C)C=C(Cl)C1. The fourth-order valence-corrected chi connectivity index (χ4v) is 1.46. The summed E-state index contributed by atoms with van der Waals surface area (Å²) in [5, 5.41) is 0.990. The number of allylic oxidation sites excluding steroid dienone is 4. The first-order valence-electron chi connectivity index (χ1n) is 3.28. The molecule has 0 aliphatic heterocycles. The van der Waals surface area contributed by atoms with Crippen molar-refractivity contribution in [1.29, 1.82) is 0 Å². The highest BCUT2D eigenvalue weighted by Crippen LogP contribution is 2.28. The van der Waals surface area contributed by atoms with Gasteiger partial charge in [0, 0.05) is 11.5 Å². The number of hydrogen-bond acceptors (Lipinski definition) is 0. The van der Waals surface area contributed by atoms with Crippen molar-refractivity contribution in [3.05, 3.63) is 22.3 Å². The molecule has 9 heavy (non-hydrogen) atoms. The van der Waals surface area contributed by atoms with Gasteiger partial charge in [0.2, 0.25) is 0 Å². The van der Waals surface area contributed by atoms with Crippen molar-refractivity contribution in [2.75, 3.05) is 0 Å². The fourth-order valence-electron chi connectivity index (χ4n) is 1.14. The lowest BCUT2D eigenvalue weighted by Crippen LogP contribution is -1.76. The van der Waals surface area contributed by atoms with Crippen molar-refractivity contribution in [2.45, 2.75) is 26.7 Å². The zero-order chi connectivity index (χ0) is 6.85. The van der Waals surface area contributed by atoms with Crippen LogP contribution in [0.2, 0.25) is 0 Å². The van der Waals surface area contributed by atoms with Gasteiger partial charge in [-0.1, -0.05) is 29.7 Å². The molecular weight excluding hydrogens is 132 g/mol. The van der Waals surface area contributed by atoms with Gasteiger partial charge in [-0.2, -0.15) is 0 Å². The van der Waals surface area contributed by atoms with E-state index in [9.17, 15) is 0 Å². The normalized spacial score (nSPS) is 18.8. The third kappa shape index (κ3) is 1.36. The summed E-state index contributed by atoms with van der Waals surface area (Å²) in [7, 11) is 0. The van der Waals surface area contributed by atoms with Gasteiger partial charge < -0.3 is 0 Å². The minimum Gasteiger partial charge on any atom is -0.0888 e. The Balaban J connectivity index is 2.72. The second kappa shape index (κ2) is 2.57. The second-order valence-corrected chi connectivity index (χ2v) is 2.89. The van der Waals surface area contributed by atoms with Gasteiger partial charge in [0.1, 0.15) is 0 Å². The van der Waals surface area contributed by atoms with Crippen molar-refractivity contribution >= 4 is 11.6 Å². The standard InChI is InChI=1S/C8H11Cl/c1-3-7-5-8(9)4-6(7)2/h4H,3,5H2,1-2H3. The second-order valence-electron chi connectivity index (χ2n) is 2.41. The lowest BCUT2D eigenvalue weighted by molar-refractivity contribution is 1.03. The molecule has 0 heterocycles. The van der Waals surface area contributed by atoms with Crippen LogP contribution in [0.1, 0.15) is 26.7 Å². The molecule has 0 bridgehead atoms. The van der Waals surface area contributed by atoms with E-state index >= 15 is 0 Å². The van der Waals surface area contributed by atoms with Crippen LogP contribution < -0.4 is 0 Å². The topological polar surface area (TPSA) is 0 Å². The molecule has 50 valence electrons. The van der Waals surface area contributed by atoms with E-state index in [4.69, 9.17) is 11.6 Å². The average Bonchev–Trinajstić information content (AvgIpc) is 2.10. The Hall–Kier alpha value is -0.230. The Bertz CT molecular complexity index is 175. The maximum absolute atomic E-state index is 5.80. The van der Waals surface area contributed by atoms with E-state index in [1.54, 1.807) is 0 Å². The van der Waals surface area contributed by atoms with Crippen LogP contribution in [-0.2, 0) is 0 Å². The smallest absolute Gasteiger partial charge is 0.0224 e. The summed E-state index contributed by atoms with van der Waals surface area (Å²) < 4.78 is 0. The highest BCUT2D eigenvalue weighted by molar-refractivity contribution is 6.30. The summed E-state index contributed by atoms with van der Waals surface area (Å²) in [6, 6.07) is 0. The summed E-state index contributed by atoms with van der Waals surface area (Å²) in [6.07, 6.45) is 4.18. The fraction of sp³-hybridized carbons (Fsp3) is 0.500. The summed E-state index contributed by atoms with van der Waals surface area (Å²) in [4.78, 5) is 0. The zero-order valence-electron chi connectivity index (χ0n) is 5.87. The summed E-state index contributed by atoms with van der Waals surface area (Å²) in [5.74, 6) is 0. The molecule has 0 saturated heterocycles. The number of rotatable bonds is 1. The molecule has 0 saturated carbocycles. The van der Waals surface area contributed by atoms with Gasteiger partial charge in [-0.3, -0.25) is 0 Å². The van der Waals surface area contributed by atoms with Gasteiger partial charge in [0.15, 0.2) is 0 Å². The molecule has 0 amide bonds. The highest BCUT2D eigenvalue weighted by Gasteiger charge is 2.08. The molecule has 0 fully saturated rings. The van der Waals surface area contributed by atoms with Crippen molar-refractivity contribution in [3.8, 4) is 0 Å². The summed E-state index contributed by atoms with van der Waals surface area (Å²) in [5.41, 5.74) is 2.85. The molecule has 0 aromatic carbocycles. The Labute approximate surface area is 61.2 Å². The van der Waals surface area contributed by atoms with Gasteiger partial charge >= 0.3 is 0 Å². The van der Waals surface area contributed by atoms with Crippen molar-refractivity contribution in [3.63, 3.8) is 0 Å². The van der Waals surface area contributed by atoms with E-state index in [0.717, 1.165) is 17.9 Å². The van der Waals surface area contributed by atoms with E-state index in [2.05, 4.69) is 19.9 Å². The molecule has 0 aromatic heterocycles. The van der Waals surface area contributed by atoms with Crippen molar-refractivity contribution in [1.82, 2.24) is 0 Å². The molecule has 0 aromatic rings. The third-order valence-corrected chi connectivity index (χ3v) is 1.98. The molecule has 0 radical (unpaired) electrons. The molecule has 0 spiro atoms. The molecule has 1 aliphatic carbocycles. The van der Waals surface area contributed by atoms with E-state index in [1.807, 2.05) is 0 Å². The van der Waals surface area contributed by atoms with Gasteiger partial charge in [-0.25, -0.2) is 0 Å². The predicted molar refractivity (Wildman–Crippen MR) is 41.5 cm³/mol. The summed E-state index contributed by atoms with van der Waals surface area (Å²) in [6.45, 7) is 4.29. The number of hydrogen-bond donors (Lipinski definition) is 0. The van der Waals surface area contributed by atoms with Gasteiger partial charge in [-0.15, -0.1) is 0 Å². The monoisotopic (exact) mass is 142 g/mol. The molecule has 0 nitrogen and oxygen atoms in total. The van der Waals surface area contributed by atoms with Crippen LogP contribution in [0.15, 0.2) is 22.3 Å². The van der Waals surface area contributed by atoms with Crippen molar-refractivity contribution in [2.24, 2.45) is 0 Å². The number of halogens is 1. The van der Waals surface area contributed by atoms with E-state index < -0.39 is 0 Å². The minimum atomic E-state index is 0.990. The first-order valence-corrected chi connectivity index (χ1v) is 3.66. The maximum atomic E-state index is 5.80. The van der Waals surface area contributed by atoms with E-state index in [-0.39, 0.29) is 0 Å². The molecule has 1 aliphatic rings. The lowest BCUT2D eigenvalue weighted by Gasteiger charge is -1.95. The Morgan fingerprint density at radius 1 is 1.67 bits per heavy atom. The van der Waals surface area contributed by atoms with Crippen LogP contribution in [0.3, 0.4) is 0 Å². The molecular formula is C8H11Cl. The van der Waals surface area contributed by atoms with Crippen LogP contribution in [0.5, 0.6) is 0 Å². The first-order chi connectivity index (χ1) is 4.24. The van der Waals surface area contributed by atoms with Crippen LogP contribution in [-0.4, -0.2) is 0 Å². The summed E-state index contributed by atoms with van der Waals surface area (Å²) >= 11 is 5.80. The van der Waals surface area contributed by atoms with E-state index in [0.29, 0.717) is 0 Å². The molecule has 1 rings (SSSR count). The molecule has 1 heteroatoms. The highest BCUT2D eigenvalue weighted by atomic mass is 35.5. The Morgan fingerprint density at radius 2 is 2.33 bits per heavy atom. The van der Waals surface area contributed by atoms with E-state index in [1.165, 1.54) is 11.1 Å². The maximum Gasteiger partial charge on any atom is 0.0224 e. The van der Waals surface area contributed by atoms with Gasteiger partial charge in [0.05, 0.1) is 0 Å². The van der Waals surface area contributed by atoms with Crippen molar-refractivity contribution < 1.29 is 0 Å². The van der Waals surface area contributed by atoms with Gasteiger partial charge in [0.25, 0.3) is 0 Å². The molecule has 0 unspecified atom stereocenters. The van der Waals surface area contributed by atoms with Crippen LogP contribution >= 0.6 is 11.6 Å². The van der Waals surface area contributed by atoms with Crippen LogP contribution in [0, 0.1) is 0 Å². The molecule has 0 N–H and O–H groups in total. The predicted octanol–water partition coefficient (Wildman–Crippen LogP) is 3.24. The average molecular weight is 143 g/mol. The van der Waals surface area contributed by atoms with Gasteiger partial charge in [-0.05, 0) is 19.4 Å². The Morgan fingerprint density at radius 3 is 2.56 bits per heavy atom. The first kappa shape index (κ1) is 6.88. The Kier molecular flexibility index (Phi) is 1.97. The lowest BCUT2D eigenvalue weighted by atomic mass is 10.1. The largest absolute Gasteiger partial charge is 0.0888 e.